The summed E-state index contributed by atoms with van der Waals surface area (Å²) in [5.74, 6) is -0.387. The summed E-state index contributed by atoms with van der Waals surface area (Å²) in [5, 5.41) is 3.64. The van der Waals surface area contributed by atoms with E-state index in [1.54, 1.807) is 6.07 Å². The van der Waals surface area contributed by atoms with E-state index in [-0.39, 0.29) is 11.3 Å². The Morgan fingerprint density at radius 2 is 2.00 bits per heavy atom. The van der Waals surface area contributed by atoms with Gasteiger partial charge in [-0.15, -0.1) is 0 Å². The van der Waals surface area contributed by atoms with Crippen molar-refractivity contribution in [3.05, 3.63) is 45.2 Å². The second-order valence-electron chi connectivity index (χ2n) is 7.16. The number of nitrogens with one attached hydrogen (secondary N) is 2. The standard InChI is InChI=1S/C16H20N2O4S/c1-16(2)7-10(8-16)13-4-3-12(15(20)18-13)14(19)17-11-5-6-23(21,22)9-11/h3-6,10-11H,7-9H2,1-2H3,(H,17,19)(H,18,20)/t11-/m1/s1. The number of rotatable bonds is 3. The van der Waals surface area contributed by atoms with Gasteiger partial charge in [0.05, 0.1) is 11.8 Å². The summed E-state index contributed by atoms with van der Waals surface area (Å²) in [6.07, 6.45) is 3.45. The minimum Gasteiger partial charge on any atom is -0.345 e. The third kappa shape index (κ3) is 3.39. The Kier molecular flexibility index (Phi) is 3.71. The van der Waals surface area contributed by atoms with Crippen LogP contribution in [0.2, 0.25) is 0 Å². The van der Waals surface area contributed by atoms with Crippen molar-refractivity contribution in [3.63, 3.8) is 0 Å². The third-order valence-electron chi connectivity index (χ3n) is 4.46. The van der Waals surface area contributed by atoms with Crippen molar-refractivity contribution in [1.82, 2.24) is 10.3 Å². The Bertz CT molecular complexity index is 828. The van der Waals surface area contributed by atoms with Crippen LogP contribution in [-0.4, -0.2) is 31.1 Å². The lowest BCUT2D eigenvalue weighted by atomic mass is 9.63. The highest BCUT2D eigenvalue weighted by atomic mass is 32.2. The van der Waals surface area contributed by atoms with Gasteiger partial charge in [-0.3, -0.25) is 9.59 Å². The molecule has 2 N–H and O–H groups in total. The van der Waals surface area contributed by atoms with E-state index in [1.807, 2.05) is 0 Å². The molecular weight excluding hydrogens is 316 g/mol. The van der Waals surface area contributed by atoms with E-state index in [2.05, 4.69) is 24.1 Å². The summed E-state index contributed by atoms with van der Waals surface area (Å²) >= 11 is 0. The number of carbonyl (C=O) groups excluding carboxylic acids is 1. The molecule has 1 aromatic rings. The molecule has 0 aromatic carbocycles. The van der Waals surface area contributed by atoms with Gasteiger partial charge in [0.1, 0.15) is 5.56 Å². The number of hydrogen-bond acceptors (Lipinski definition) is 4. The van der Waals surface area contributed by atoms with Crippen molar-refractivity contribution in [2.75, 3.05) is 5.75 Å². The van der Waals surface area contributed by atoms with Crippen LogP contribution in [-0.2, 0) is 9.84 Å². The molecule has 1 atom stereocenters. The molecule has 1 amide bonds. The Morgan fingerprint density at radius 3 is 2.52 bits per heavy atom. The van der Waals surface area contributed by atoms with Crippen LogP contribution >= 0.6 is 0 Å². The van der Waals surface area contributed by atoms with Crippen molar-refractivity contribution in [3.8, 4) is 0 Å². The first kappa shape index (κ1) is 16.0. The van der Waals surface area contributed by atoms with Crippen LogP contribution in [0.1, 0.15) is 48.7 Å². The lowest BCUT2D eigenvalue weighted by molar-refractivity contribution is 0.0945. The average molecular weight is 336 g/mol. The minimum absolute atomic E-state index is 0.00466. The summed E-state index contributed by atoms with van der Waals surface area (Å²) in [6.45, 7) is 4.37. The summed E-state index contributed by atoms with van der Waals surface area (Å²) in [4.78, 5) is 27.1. The van der Waals surface area contributed by atoms with Crippen molar-refractivity contribution in [1.29, 1.82) is 0 Å². The number of carbonyl (C=O) groups is 1. The summed E-state index contributed by atoms with van der Waals surface area (Å²) in [5.41, 5.74) is 0.728. The van der Waals surface area contributed by atoms with Crippen LogP contribution in [0.5, 0.6) is 0 Å². The zero-order valence-electron chi connectivity index (χ0n) is 13.1. The zero-order chi connectivity index (χ0) is 16.8. The SMILES string of the molecule is CC1(C)CC(c2ccc(C(=O)N[C@@H]3C=CS(=O)(=O)C3)c(=O)[nH]2)C1. The van der Waals surface area contributed by atoms with E-state index >= 15 is 0 Å². The van der Waals surface area contributed by atoms with Gasteiger partial charge in [0, 0.05) is 17.0 Å². The van der Waals surface area contributed by atoms with Crippen molar-refractivity contribution in [2.24, 2.45) is 5.41 Å². The van der Waals surface area contributed by atoms with Gasteiger partial charge in [-0.2, -0.15) is 0 Å². The largest absolute Gasteiger partial charge is 0.345 e. The van der Waals surface area contributed by atoms with Crippen molar-refractivity contribution in [2.45, 2.75) is 38.6 Å². The fraction of sp³-hybridized carbons (Fsp3) is 0.500. The Balaban J connectivity index is 1.70. The number of hydrogen-bond donors (Lipinski definition) is 2. The van der Waals surface area contributed by atoms with Gasteiger partial charge >= 0.3 is 0 Å². The second kappa shape index (κ2) is 5.33. The Morgan fingerprint density at radius 1 is 1.30 bits per heavy atom. The predicted octanol–water partition coefficient (Wildman–Crippen LogP) is 1.32. The molecule has 1 fully saturated rings. The van der Waals surface area contributed by atoms with Gasteiger partial charge in [0.25, 0.3) is 11.5 Å². The predicted molar refractivity (Wildman–Crippen MR) is 87.0 cm³/mol. The summed E-state index contributed by atoms with van der Waals surface area (Å²) in [7, 11) is -3.24. The molecule has 0 unspecified atom stereocenters. The number of aromatic nitrogens is 1. The lowest BCUT2D eigenvalue weighted by Gasteiger charge is -2.42. The van der Waals surface area contributed by atoms with E-state index < -0.39 is 27.3 Å². The van der Waals surface area contributed by atoms with Crippen molar-refractivity contribution < 1.29 is 13.2 Å². The quantitative estimate of drug-likeness (QED) is 0.870. The van der Waals surface area contributed by atoms with Gasteiger partial charge in [-0.25, -0.2) is 8.42 Å². The van der Waals surface area contributed by atoms with E-state index in [0.717, 1.165) is 23.9 Å². The molecule has 0 radical (unpaired) electrons. The maximum atomic E-state index is 12.1. The molecule has 1 aliphatic heterocycles. The molecule has 0 saturated heterocycles. The summed E-state index contributed by atoms with van der Waals surface area (Å²) in [6, 6.07) is 2.71. The molecule has 2 aliphatic rings. The number of sulfone groups is 1. The fourth-order valence-electron chi connectivity index (χ4n) is 3.31. The van der Waals surface area contributed by atoms with Crippen LogP contribution in [0.3, 0.4) is 0 Å². The molecular formula is C16H20N2O4S. The molecule has 1 aliphatic carbocycles. The normalized spacial score (nSPS) is 25.0. The monoisotopic (exact) mass is 336 g/mol. The van der Waals surface area contributed by atoms with Gasteiger partial charge < -0.3 is 10.3 Å². The van der Waals surface area contributed by atoms with Gasteiger partial charge in [0.2, 0.25) is 0 Å². The number of amides is 1. The van der Waals surface area contributed by atoms with E-state index in [0.29, 0.717) is 11.3 Å². The molecule has 6 nitrogen and oxygen atoms in total. The van der Waals surface area contributed by atoms with Crippen LogP contribution in [0.15, 0.2) is 28.4 Å². The number of pyridine rings is 1. The van der Waals surface area contributed by atoms with Crippen LogP contribution in [0.4, 0.5) is 0 Å². The van der Waals surface area contributed by atoms with E-state index in [1.165, 1.54) is 12.1 Å². The van der Waals surface area contributed by atoms with Gasteiger partial charge in [-0.1, -0.05) is 13.8 Å². The molecule has 23 heavy (non-hydrogen) atoms. The summed E-state index contributed by atoms with van der Waals surface area (Å²) < 4.78 is 22.7. The van der Waals surface area contributed by atoms with Gasteiger partial charge in [0.15, 0.2) is 9.84 Å². The Labute approximate surface area is 134 Å². The highest BCUT2D eigenvalue weighted by molar-refractivity contribution is 7.94. The average Bonchev–Trinajstić information content (AvgIpc) is 2.74. The van der Waals surface area contributed by atoms with Crippen LogP contribution < -0.4 is 10.9 Å². The lowest BCUT2D eigenvalue weighted by Crippen LogP contribution is -2.38. The van der Waals surface area contributed by atoms with Crippen LogP contribution in [0, 0.1) is 5.41 Å². The maximum absolute atomic E-state index is 12.1. The molecule has 7 heteroatoms. The molecule has 0 spiro atoms. The number of aromatic amines is 1. The van der Waals surface area contributed by atoms with Crippen LogP contribution in [0.25, 0.3) is 0 Å². The zero-order valence-corrected chi connectivity index (χ0v) is 13.9. The highest BCUT2D eigenvalue weighted by Crippen LogP contribution is 2.49. The first-order valence-corrected chi connectivity index (χ1v) is 9.32. The molecule has 1 saturated carbocycles. The Hall–Kier alpha value is -1.89. The van der Waals surface area contributed by atoms with Gasteiger partial charge in [-0.05, 0) is 36.5 Å². The minimum atomic E-state index is -3.24. The highest BCUT2D eigenvalue weighted by Gasteiger charge is 2.37. The fourth-order valence-corrected chi connectivity index (χ4v) is 4.55. The molecule has 124 valence electrons. The van der Waals surface area contributed by atoms with E-state index in [4.69, 9.17) is 0 Å². The molecule has 0 bridgehead atoms. The maximum Gasteiger partial charge on any atom is 0.261 e. The number of H-pyrrole nitrogens is 1. The first-order chi connectivity index (χ1) is 10.7. The van der Waals surface area contributed by atoms with Crippen molar-refractivity contribution >= 4 is 15.7 Å². The second-order valence-corrected chi connectivity index (χ2v) is 9.10. The molecule has 1 aromatic heterocycles. The topological polar surface area (TPSA) is 96.1 Å². The first-order valence-electron chi connectivity index (χ1n) is 7.60. The van der Waals surface area contributed by atoms with E-state index in [9.17, 15) is 18.0 Å². The molecule has 2 heterocycles. The smallest absolute Gasteiger partial charge is 0.261 e. The molecule has 3 rings (SSSR count). The third-order valence-corrected chi connectivity index (χ3v) is 5.86.